The van der Waals surface area contributed by atoms with Crippen molar-refractivity contribution in [2.24, 2.45) is 0 Å². The smallest absolute Gasteiger partial charge is 0.313 e. The molecule has 30 heavy (non-hydrogen) atoms. The van der Waals surface area contributed by atoms with E-state index in [1.807, 2.05) is 42.5 Å². The number of hydrogen-bond donors (Lipinski definition) is 1. The zero-order valence-electron chi connectivity index (χ0n) is 16.2. The number of allylic oxidation sites excluding steroid dienone is 2. The molecule has 0 spiro atoms. The van der Waals surface area contributed by atoms with E-state index in [-0.39, 0.29) is 18.9 Å². The molecule has 1 aliphatic carbocycles. The van der Waals surface area contributed by atoms with Gasteiger partial charge in [0.15, 0.2) is 6.23 Å². The maximum Gasteiger partial charge on any atom is 0.313 e. The Morgan fingerprint density at radius 1 is 1.07 bits per heavy atom. The number of hydrogen-bond acceptors (Lipinski definition) is 5. The monoisotopic (exact) mass is 396 g/mol. The molecule has 0 saturated heterocycles. The molecule has 4 rings (SSSR count). The van der Waals surface area contributed by atoms with E-state index in [1.165, 1.54) is 0 Å². The summed E-state index contributed by atoms with van der Waals surface area (Å²) < 4.78 is 5.62. The van der Waals surface area contributed by atoms with E-state index in [2.05, 4.69) is 16.4 Å². The average Bonchev–Trinajstić information content (AvgIpc) is 2.80. The number of aromatic nitrogens is 1. The molecule has 1 N–H and O–H groups in total. The summed E-state index contributed by atoms with van der Waals surface area (Å²) in [6.45, 7) is 0.236. The molecule has 1 unspecified atom stereocenters. The number of rotatable bonds is 7. The lowest BCUT2D eigenvalue weighted by molar-refractivity contribution is -0.134. The van der Waals surface area contributed by atoms with Gasteiger partial charge < -0.3 is 14.7 Å². The fourth-order valence-electron chi connectivity index (χ4n) is 3.26. The Kier molecular flexibility index (Phi) is 5.88. The highest BCUT2D eigenvalue weighted by Crippen LogP contribution is 2.26. The van der Waals surface area contributed by atoms with Crippen LogP contribution in [0.2, 0.25) is 0 Å². The van der Waals surface area contributed by atoms with Gasteiger partial charge in [-0.15, -0.1) is 0 Å². The summed E-state index contributed by atoms with van der Waals surface area (Å²) in [4.78, 5) is 18.6. The largest absolute Gasteiger partial charge is 0.426 e. The quantitative estimate of drug-likeness (QED) is 0.281. The Labute approximate surface area is 174 Å². The molecule has 0 radical (unpaired) electrons. The van der Waals surface area contributed by atoms with Gasteiger partial charge in [0, 0.05) is 23.7 Å². The van der Waals surface area contributed by atoms with Crippen LogP contribution in [0.5, 0.6) is 5.75 Å². The molecule has 148 valence electrons. The van der Waals surface area contributed by atoms with Crippen molar-refractivity contribution in [3.05, 3.63) is 102 Å². The summed E-state index contributed by atoms with van der Waals surface area (Å²) in [5.74, 6) is 0.708. The van der Waals surface area contributed by atoms with Crippen LogP contribution >= 0.6 is 0 Å². The van der Waals surface area contributed by atoms with Gasteiger partial charge >= 0.3 is 5.97 Å². The minimum absolute atomic E-state index is 0.0829. The van der Waals surface area contributed by atoms with Crippen molar-refractivity contribution in [1.29, 1.82) is 0 Å². The highest BCUT2D eigenvalue weighted by atomic mass is 16.5. The van der Waals surface area contributed by atoms with Gasteiger partial charge in [0.25, 0.3) is 0 Å². The molecule has 1 heterocycles. The highest BCUT2D eigenvalue weighted by Gasteiger charge is 2.22. The van der Waals surface area contributed by atoms with Crippen molar-refractivity contribution >= 4 is 22.6 Å². The number of aliphatic hydroxyl groups is 1. The van der Waals surface area contributed by atoms with Crippen LogP contribution < -0.4 is 9.64 Å². The van der Waals surface area contributed by atoms with Gasteiger partial charge in [0.1, 0.15) is 11.6 Å². The van der Waals surface area contributed by atoms with E-state index in [0.717, 1.165) is 10.8 Å². The summed E-state index contributed by atoms with van der Waals surface area (Å²) >= 11 is 0. The summed E-state index contributed by atoms with van der Waals surface area (Å²) in [5.41, 5.74) is 6.29. The number of aliphatic hydroxyl groups excluding tert-OH is 1. The number of fused-ring (bicyclic) bond motifs is 1. The van der Waals surface area contributed by atoms with Crippen LogP contribution in [0.3, 0.4) is 0 Å². The van der Waals surface area contributed by atoms with Gasteiger partial charge in [-0.25, -0.2) is 4.98 Å². The van der Waals surface area contributed by atoms with Crippen molar-refractivity contribution in [2.45, 2.75) is 12.6 Å². The molecule has 3 aromatic rings. The van der Waals surface area contributed by atoms with E-state index < -0.39 is 6.23 Å². The van der Waals surface area contributed by atoms with E-state index in [9.17, 15) is 9.90 Å². The molecule has 0 fully saturated rings. The third kappa shape index (κ3) is 4.40. The van der Waals surface area contributed by atoms with Crippen LogP contribution in [-0.4, -0.2) is 28.8 Å². The van der Waals surface area contributed by atoms with Crippen molar-refractivity contribution in [3.8, 4) is 5.75 Å². The van der Waals surface area contributed by atoms with Crippen LogP contribution in [0.15, 0.2) is 102 Å². The average molecular weight is 396 g/mol. The van der Waals surface area contributed by atoms with Crippen molar-refractivity contribution in [2.75, 3.05) is 11.4 Å². The van der Waals surface area contributed by atoms with Gasteiger partial charge in [-0.05, 0) is 41.8 Å². The SMILES string of the molecule is O=C(CCN(c1ccccn1)C(O)C1=CC=C=C=C1)Oc1cccc2ccccc12. The second-order valence-electron chi connectivity index (χ2n) is 6.72. The van der Waals surface area contributed by atoms with Crippen molar-refractivity contribution in [1.82, 2.24) is 4.98 Å². The number of anilines is 1. The Morgan fingerprint density at radius 3 is 2.70 bits per heavy atom. The van der Waals surface area contributed by atoms with E-state index in [0.29, 0.717) is 17.1 Å². The lowest BCUT2D eigenvalue weighted by Crippen LogP contribution is -2.39. The molecule has 0 bridgehead atoms. The molecule has 1 aromatic heterocycles. The first kappa shape index (κ1) is 19.4. The summed E-state index contributed by atoms with van der Waals surface area (Å²) in [6.07, 6.45) is 5.86. The number of esters is 1. The summed E-state index contributed by atoms with van der Waals surface area (Å²) in [5, 5.41) is 12.8. The zero-order chi connectivity index (χ0) is 20.8. The lowest BCUT2D eigenvalue weighted by Gasteiger charge is -2.29. The van der Waals surface area contributed by atoms with Crippen LogP contribution in [-0.2, 0) is 4.79 Å². The molecule has 1 aliphatic rings. The third-order valence-corrected chi connectivity index (χ3v) is 4.75. The van der Waals surface area contributed by atoms with Crippen LogP contribution in [0.1, 0.15) is 6.42 Å². The second-order valence-corrected chi connectivity index (χ2v) is 6.72. The standard InChI is InChI=1S/C25H20N2O3/c28-24(30-22-14-8-12-19-9-4-5-13-21(19)22)16-18-27(23-15-6-7-17-26-23)25(29)20-10-2-1-3-11-20/h2,4-15,17,25,29H,16,18H2. The van der Waals surface area contributed by atoms with E-state index in [4.69, 9.17) is 4.74 Å². The van der Waals surface area contributed by atoms with Crippen LogP contribution in [0.4, 0.5) is 5.82 Å². The topological polar surface area (TPSA) is 62.7 Å². The Balaban J connectivity index is 1.49. The molecule has 0 saturated carbocycles. The minimum Gasteiger partial charge on any atom is -0.426 e. The Morgan fingerprint density at radius 2 is 1.90 bits per heavy atom. The highest BCUT2D eigenvalue weighted by molar-refractivity contribution is 5.90. The van der Waals surface area contributed by atoms with Gasteiger partial charge in [-0.2, -0.15) is 0 Å². The Bertz CT molecular complexity index is 1180. The minimum atomic E-state index is -0.976. The van der Waals surface area contributed by atoms with Crippen LogP contribution in [0, 0.1) is 0 Å². The summed E-state index contributed by atoms with van der Waals surface area (Å²) in [7, 11) is 0. The number of pyridine rings is 1. The van der Waals surface area contributed by atoms with Crippen molar-refractivity contribution < 1.29 is 14.6 Å². The normalized spacial score (nSPS) is 13.2. The van der Waals surface area contributed by atoms with Gasteiger partial charge in [0.2, 0.25) is 0 Å². The molecule has 0 aliphatic heterocycles. The first-order valence-electron chi connectivity index (χ1n) is 9.64. The number of benzene rings is 2. The maximum atomic E-state index is 12.6. The maximum absolute atomic E-state index is 12.6. The number of carbonyl (C=O) groups excluding carboxylic acids is 1. The molecule has 5 nitrogen and oxygen atoms in total. The van der Waals surface area contributed by atoms with Gasteiger partial charge in [-0.3, -0.25) is 4.79 Å². The number of nitrogens with zero attached hydrogens (tertiary/aromatic N) is 2. The predicted octanol–water partition coefficient (Wildman–Crippen LogP) is 4.16. The van der Waals surface area contributed by atoms with Gasteiger partial charge in [0.05, 0.1) is 6.42 Å². The molecule has 5 heteroatoms. The van der Waals surface area contributed by atoms with E-state index in [1.54, 1.807) is 47.5 Å². The van der Waals surface area contributed by atoms with Crippen molar-refractivity contribution in [3.63, 3.8) is 0 Å². The molecule has 0 amide bonds. The molecular weight excluding hydrogens is 376 g/mol. The molecule has 2 aromatic carbocycles. The first-order chi connectivity index (χ1) is 14.7. The first-order valence-corrected chi connectivity index (χ1v) is 9.64. The lowest BCUT2D eigenvalue weighted by atomic mass is 10.1. The molecular formula is C25H20N2O3. The fraction of sp³-hybridized carbons (Fsp3) is 0.120. The Hall–Kier alpha value is -3.88. The fourth-order valence-corrected chi connectivity index (χ4v) is 3.26. The van der Waals surface area contributed by atoms with E-state index >= 15 is 0 Å². The second kappa shape index (κ2) is 9.08. The number of ether oxygens (including phenoxy) is 1. The molecule has 1 atom stereocenters. The van der Waals surface area contributed by atoms with Gasteiger partial charge in [-0.1, -0.05) is 53.9 Å². The summed E-state index contributed by atoms with van der Waals surface area (Å²) in [6, 6.07) is 18.8. The third-order valence-electron chi connectivity index (χ3n) is 4.75. The number of carbonyl (C=O) groups is 1. The van der Waals surface area contributed by atoms with Crippen LogP contribution in [0.25, 0.3) is 10.8 Å². The zero-order valence-corrected chi connectivity index (χ0v) is 16.2. The predicted molar refractivity (Wildman–Crippen MR) is 116 cm³/mol.